The number of fused-ring (bicyclic) bond motifs is 1. The van der Waals surface area contributed by atoms with Gasteiger partial charge in [0.15, 0.2) is 0 Å². The Bertz CT molecular complexity index is 429. The van der Waals surface area contributed by atoms with Crippen LogP contribution in [0.5, 0.6) is 0 Å². The SMILES string of the molecule is C[Si](C)C(C)(C)CO[C@H]1CCc2c(Br)cccc21. The molecule has 0 spiro atoms. The molecule has 2 rings (SSSR count). The average Bonchev–Trinajstić information content (AvgIpc) is 2.71. The molecule has 0 aliphatic heterocycles. The molecule has 0 amide bonds. The van der Waals surface area contributed by atoms with Crippen LogP contribution in [0.1, 0.15) is 37.5 Å². The number of hydrogen-bond donors (Lipinski definition) is 0. The third-order valence-electron chi connectivity index (χ3n) is 4.16. The van der Waals surface area contributed by atoms with Gasteiger partial charge in [-0.25, -0.2) is 0 Å². The van der Waals surface area contributed by atoms with Gasteiger partial charge in [0.2, 0.25) is 0 Å². The second-order valence-electron chi connectivity index (χ2n) is 6.03. The quantitative estimate of drug-likeness (QED) is 0.709. The largest absolute Gasteiger partial charge is 0.373 e. The molecule has 3 heteroatoms. The third-order valence-corrected chi connectivity index (χ3v) is 7.75. The number of ether oxygens (including phenoxy) is 1. The van der Waals surface area contributed by atoms with E-state index in [9.17, 15) is 0 Å². The molecule has 0 N–H and O–H groups in total. The van der Waals surface area contributed by atoms with Crippen LogP contribution in [0.3, 0.4) is 0 Å². The molecule has 0 fully saturated rings. The smallest absolute Gasteiger partial charge is 0.0831 e. The maximum absolute atomic E-state index is 6.22. The second kappa shape index (κ2) is 5.47. The molecule has 1 aliphatic carbocycles. The lowest BCUT2D eigenvalue weighted by Crippen LogP contribution is -2.26. The summed E-state index contributed by atoms with van der Waals surface area (Å²) < 4.78 is 7.45. The van der Waals surface area contributed by atoms with Gasteiger partial charge in [-0.2, -0.15) is 0 Å². The Morgan fingerprint density at radius 2 is 2.11 bits per heavy atom. The zero-order valence-electron chi connectivity index (χ0n) is 11.7. The minimum absolute atomic E-state index is 0.304. The summed E-state index contributed by atoms with van der Waals surface area (Å²) in [7, 11) is -0.321. The summed E-state index contributed by atoms with van der Waals surface area (Å²) in [5.74, 6) is 0. The molecule has 1 aromatic rings. The van der Waals surface area contributed by atoms with E-state index in [0.717, 1.165) is 19.4 Å². The van der Waals surface area contributed by atoms with Crippen LogP contribution in [0.4, 0.5) is 0 Å². The first-order valence-electron chi connectivity index (χ1n) is 6.61. The van der Waals surface area contributed by atoms with Crippen molar-refractivity contribution in [1.82, 2.24) is 0 Å². The molecular weight excluding hydrogens is 304 g/mol. The number of hydrogen-bond acceptors (Lipinski definition) is 1. The van der Waals surface area contributed by atoms with E-state index in [1.54, 1.807) is 0 Å². The Morgan fingerprint density at radius 1 is 1.39 bits per heavy atom. The van der Waals surface area contributed by atoms with E-state index in [1.165, 1.54) is 15.6 Å². The van der Waals surface area contributed by atoms with Crippen molar-refractivity contribution in [1.29, 1.82) is 0 Å². The number of halogens is 1. The van der Waals surface area contributed by atoms with Crippen molar-refractivity contribution in [2.75, 3.05) is 6.61 Å². The van der Waals surface area contributed by atoms with E-state index in [1.807, 2.05) is 0 Å². The average molecular weight is 326 g/mol. The summed E-state index contributed by atoms with van der Waals surface area (Å²) in [6, 6.07) is 6.46. The van der Waals surface area contributed by atoms with Gasteiger partial charge in [-0.15, -0.1) is 0 Å². The third kappa shape index (κ3) is 2.89. The summed E-state index contributed by atoms with van der Waals surface area (Å²) in [5.41, 5.74) is 2.83. The van der Waals surface area contributed by atoms with Gasteiger partial charge in [0, 0.05) is 11.1 Å². The Morgan fingerprint density at radius 3 is 2.78 bits per heavy atom. The molecule has 1 aromatic carbocycles. The van der Waals surface area contributed by atoms with E-state index < -0.39 is 0 Å². The molecule has 0 saturated carbocycles. The Balaban J connectivity index is 2.05. The number of benzene rings is 1. The van der Waals surface area contributed by atoms with Crippen molar-refractivity contribution in [3.05, 3.63) is 33.8 Å². The molecule has 99 valence electrons. The van der Waals surface area contributed by atoms with Crippen LogP contribution in [0.2, 0.25) is 18.1 Å². The predicted octanol–water partition coefficient (Wildman–Crippen LogP) is 4.99. The topological polar surface area (TPSA) is 9.23 Å². The van der Waals surface area contributed by atoms with Crippen molar-refractivity contribution in [2.45, 2.75) is 50.9 Å². The van der Waals surface area contributed by atoms with Gasteiger partial charge < -0.3 is 4.74 Å². The summed E-state index contributed by atoms with van der Waals surface area (Å²) in [6.45, 7) is 10.3. The van der Waals surface area contributed by atoms with Crippen molar-refractivity contribution < 1.29 is 4.74 Å². The first-order chi connectivity index (χ1) is 8.42. The molecule has 1 nitrogen and oxygen atoms in total. The van der Waals surface area contributed by atoms with Gasteiger partial charge in [0.05, 0.1) is 14.9 Å². The van der Waals surface area contributed by atoms with Gasteiger partial charge in [-0.05, 0) is 35.1 Å². The molecule has 1 atom stereocenters. The maximum atomic E-state index is 6.22. The van der Waals surface area contributed by atoms with E-state index in [-0.39, 0.29) is 8.80 Å². The molecule has 0 bridgehead atoms. The van der Waals surface area contributed by atoms with Gasteiger partial charge >= 0.3 is 0 Å². The molecule has 1 aliphatic rings. The van der Waals surface area contributed by atoms with E-state index in [4.69, 9.17) is 4.74 Å². The van der Waals surface area contributed by atoms with Crippen LogP contribution in [0.15, 0.2) is 22.7 Å². The van der Waals surface area contributed by atoms with Crippen LogP contribution in [-0.4, -0.2) is 15.4 Å². The highest BCUT2D eigenvalue weighted by molar-refractivity contribution is 9.10. The lowest BCUT2D eigenvalue weighted by Gasteiger charge is -2.29. The lowest BCUT2D eigenvalue weighted by atomic mass is 10.1. The molecule has 1 radical (unpaired) electrons. The lowest BCUT2D eigenvalue weighted by molar-refractivity contribution is 0.0391. The molecular formula is C15H22BrOSi. The second-order valence-corrected chi connectivity index (χ2v) is 10.2. The van der Waals surface area contributed by atoms with Gasteiger partial charge in [0.1, 0.15) is 0 Å². The van der Waals surface area contributed by atoms with Crippen molar-refractivity contribution >= 4 is 24.7 Å². The first kappa shape index (κ1) is 14.3. The highest BCUT2D eigenvalue weighted by atomic mass is 79.9. The molecule has 0 aromatic heterocycles. The Labute approximate surface area is 121 Å². The highest BCUT2D eigenvalue weighted by Gasteiger charge is 2.29. The zero-order valence-corrected chi connectivity index (χ0v) is 14.3. The van der Waals surface area contributed by atoms with E-state index in [0.29, 0.717) is 11.1 Å². The fraction of sp³-hybridized carbons (Fsp3) is 0.600. The molecule has 0 heterocycles. The van der Waals surface area contributed by atoms with Crippen LogP contribution in [-0.2, 0) is 11.2 Å². The zero-order chi connectivity index (χ0) is 13.3. The minimum Gasteiger partial charge on any atom is -0.373 e. The standard InChI is InChI=1S/C15H22BrOSi/c1-15(2,18(3)4)10-17-14-9-8-11-12(14)6-5-7-13(11)16/h5-7,14H,8-10H2,1-4H3/t14-/m0/s1. The Kier molecular flexibility index (Phi) is 4.35. The molecule has 18 heavy (non-hydrogen) atoms. The monoisotopic (exact) mass is 325 g/mol. The van der Waals surface area contributed by atoms with E-state index >= 15 is 0 Å². The summed E-state index contributed by atoms with van der Waals surface area (Å²) in [6.07, 6.45) is 2.57. The molecule has 0 saturated heterocycles. The summed E-state index contributed by atoms with van der Waals surface area (Å²) in [4.78, 5) is 0. The first-order valence-corrected chi connectivity index (χ1v) is 9.90. The fourth-order valence-electron chi connectivity index (χ4n) is 2.20. The van der Waals surface area contributed by atoms with Crippen LogP contribution in [0.25, 0.3) is 0 Å². The number of rotatable bonds is 4. The Hall–Kier alpha value is -0.123. The van der Waals surface area contributed by atoms with Crippen molar-refractivity contribution in [2.24, 2.45) is 0 Å². The van der Waals surface area contributed by atoms with E-state index in [2.05, 4.69) is 61.1 Å². The van der Waals surface area contributed by atoms with Crippen LogP contribution >= 0.6 is 15.9 Å². The van der Waals surface area contributed by atoms with Crippen molar-refractivity contribution in [3.8, 4) is 0 Å². The van der Waals surface area contributed by atoms with Gasteiger partial charge in [-0.3, -0.25) is 0 Å². The minimum atomic E-state index is -0.321. The highest BCUT2D eigenvalue weighted by Crippen LogP contribution is 2.40. The summed E-state index contributed by atoms with van der Waals surface area (Å²) >= 11 is 3.64. The van der Waals surface area contributed by atoms with Crippen molar-refractivity contribution in [3.63, 3.8) is 0 Å². The van der Waals surface area contributed by atoms with Crippen LogP contribution in [0, 0.1) is 0 Å². The normalized spacial score (nSPS) is 19.3. The van der Waals surface area contributed by atoms with Gasteiger partial charge in [0.25, 0.3) is 0 Å². The van der Waals surface area contributed by atoms with Crippen LogP contribution < -0.4 is 0 Å². The predicted molar refractivity (Wildman–Crippen MR) is 82.7 cm³/mol. The maximum Gasteiger partial charge on any atom is 0.0831 e. The summed E-state index contributed by atoms with van der Waals surface area (Å²) in [5, 5.41) is 0.347. The molecule has 0 unspecified atom stereocenters. The van der Waals surface area contributed by atoms with Gasteiger partial charge in [-0.1, -0.05) is 55.0 Å². The fourth-order valence-corrected chi connectivity index (χ4v) is 3.15.